The van der Waals surface area contributed by atoms with E-state index in [9.17, 15) is 0 Å². The van der Waals surface area contributed by atoms with Crippen molar-refractivity contribution in [2.45, 2.75) is 203 Å². The van der Waals surface area contributed by atoms with E-state index in [0.29, 0.717) is 0 Å². The van der Waals surface area contributed by atoms with Crippen molar-refractivity contribution in [3.05, 3.63) is 166 Å². The second kappa shape index (κ2) is 21.2. The van der Waals surface area contributed by atoms with Crippen molar-refractivity contribution >= 4 is 27.4 Å². The zero-order valence-corrected chi connectivity index (χ0v) is 50.9. The lowest BCUT2D eigenvalue weighted by molar-refractivity contribution is 0.466. The average molecular weight is 1020 g/mol. The highest BCUT2D eigenvalue weighted by atomic mass is 31.2. The molecule has 6 aromatic carbocycles. The number of rotatable bonds is 12. The van der Waals surface area contributed by atoms with Crippen LogP contribution in [0.15, 0.2) is 121 Å². The normalized spacial score (nSPS) is 13.6. The van der Waals surface area contributed by atoms with E-state index in [1.807, 2.05) is 0 Å². The molecule has 0 radical (unpaired) electrons. The highest BCUT2D eigenvalue weighted by Crippen LogP contribution is 2.49. The third kappa shape index (κ3) is 14.4. The Hall–Kier alpha value is -4.62. The van der Waals surface area contributed by atoms with Crippen LogP contribution in [0, 0.1) is 0 Å². The minimum Gasteiger partial charge on any atom is -0.435 e. The summed E-state index contributed by atoms with van der Waals surface area (Å²) in [5.41, 5.74) is 11.5. The topological polar surface area (TPSA) is 36.9 Å². The largest absolute Gasteiger partial charge is 0.435 e. The zero-order valence-electron chi connectivity index (χ0n) is 49.2. The fourth-order valence-electron chi connectivity index (χ4n) is 8.69. The van der Waals surface area contributed by atoms with E-state index in [0.717, 1.165) is 44.7 Å². The van der Waals surface area contributed by atoms with Gasteiger partial charge in [-0.25, -0.2) is 0 Å². The molecule has 0 aliphatic rings. The van der Waals surface area contributed by atoms with E-state index in [1.54, 1.807) is 0 Å². The van der Waals surface area contributed by atoms with Gasteiger partial charge >= 0.3 is 16.8 Å². The van der Waals surface area contributed by atoms with Gasteiger partial charge in [0.25, 0.3) is 0 Å². The monoisotopic (exact) mass is 1020 g/mol. The van der Waals surface area contributed by atoms with Gasteiger partial charge in [-0.15, -0.1) is 0 Å². The smallest absolute Gasteiger partial charge is 0.326 e. The zero-order chi connectivity index (χ0) is 54.4. The maximum Gasteiger partial charge on any atom is 0.326 e. The summed E-state index contributed by atoms with van der Waals surface area (Å²) in [5, 5.41) is 1.99. The molecule has 0 amide bonds. The first kappa shape index (κ1) is 57.7. The van der Waals surface area contributed by atoms with Gasteiger partial charge in [0.15, 0.2) is 0 Å². The van der Waals surface area contributed by atoms with Crippen LogP contribution in [0.4, 0.5) is 0 Å². The number of hydrogen-bond donors (Lipinski definition) is 0. The second-order valence-electron chi connectivity index (χ2n) is 27.8. The SMILES string of the molecule is CC(C)c1cc(C(C)(C)C)ccc1OP(Oc1ccc(C(C)(C)C)cc1C(C)(C)C)c1ccc(-c2ccc(P(Oc3ccc(C(C)(C)C)cc3C(C)(C)C)Oc3ccc(C(C)(C)C)cc3C(C)(C)C)cc2)cc1. The lowest BCUT2D eigenvalue weighted by Gasteiger charge is -2.30. The van der Waals surface area contributed by atoms with E-state index < -0.39 is 16.8 Å². The maximum absolute atomic E-state index is 7.20. The Balaban J connectivity index is 1.42. The van der Waals surface area contributed by atoms with Gasteiger partial charge < -0.3 is 18.1 Å². The molecule has 4 nitrogen and oxygen atoms in total. The summed E-state index contributed by atoms with van der Waals surface area (Å²) < 4.78 is 28.7. The molecule has 0 aliphatic heterocycles. The molecule has 0 fully saturated rings. The molecule has 0 bridgehead atoms. The van der Waals surface area contributed by atoms with Gasteiger partial charge in [0, 0.05) is 16.7 Å². The van der Waals surface area contributed by atoms with Crippen molar-refractivity contribution in [1.82, 2.24) is 0 Å². The van der Waals surface area contributed by atoms with E-state index >= 15 is 0 Å². The van der Waals surface area contributed by atoms with Crippen LogP contribution in [0.2, 0.25) is 0 Å². The first-order valence-corrected chi connectivity index (χ1v) is 28.9. The fraction of sp³-hybridized carbons (Fsp3) is 0.463. The summed E-state index contributed by atoms with van der Waals surface area (Å²) in [6.07, 6.45) is 0. The minimum absolute atomic E-state index is 0.000935. The van der Waals surface area contributed by atoms with Crippen LogP contribution >= 0.6 is 16.8 Å². The summed E-state index contributed by atoms with van der Waals surface area (Å²) in [5.74, 6) is 3.67. The maximum atomic E-state index is 7.20. The predicted molar refractivity (Wildman–Crippen MR) is 318 cm³/mol. The third-order valence-electron chi connectivity index (χ3n) is 13.7. The Morgan fingerprint density at radius 3 is 0.781 bits per heavy atom. The molecule has 6 aromatic rings. The lowest BCUT2D eigenvalue weighted by atomic mass is 9.80. The summed E-state index contributed by atoms with van der Waals surface area (Å²) in [7, 11) is -3.22. The first-order valence-electron chi connectivity index (χ1n) is 26.5. The van der Waals surface area contributed by atoms with Gasteiger partial charge in [-0.1, -0.05) is 232 Å². The van der Waals surface area contributed by atoms with Crippen LogP contribution in [-0.4, -0.2) is 0 Å². The van der Waals surface area contributed by atoms with Gasteiger partial charge in [-0.3, -0.25) is 0 Å². The molecular formula is C67H90O4P2. The third-order valence-corrected chi connectivity index (χ3v) is 16.6. The Bertz CT molecular complexity index is 2760. The molecule has 0 saturated carbocycles. The lowest BCUT2D eigenvalue weighted by Crippen LogP contribution is -2.20. The van der Waals surface area contributed by atoms with Crippen LogP contribution in [0.1, 0.15) is 210 Å². The second-order valence-corrected chi connectivity index (χ2v) is 30.6. The quantitative estimate of drug-likeness (QED) is 0.115. The molecule has 392 valence electrons. The van der Waals surface area contributed by atoms with Crippen molar-refractivity contribution in [2.75, 3.05) is 0 Å². The molecule has 0 heterocycles. The van der Waals surface area contributed by atoms with Crippen molar-refractivity contribution < 1.29 is 18.1 Å². The van der Waals surface area contributed by atoms with E-state index in [2.05, 4.69) is 281 Å². The number of benzene rings is 6. The van der Waals surface area contributed by atoms with Crippen LogP contribution in [0.3, 0.4) is 0 Å². The van der Waals surface area contributed by atoms with Crippen LogP contribution in [-0.2, 0) is 37.9 Å². The molecule has 0 spiro atoms. The molecule has 73 heavy (non-hydrogen) atoms. The van der Waals surface area contributed by atoms with Crippen molar-refractivity contribution in [3.63, 3.8) is 0 Å². The number of hydrogen-bond acceptors (Lipinski definition) is 4. The first-order chi connectivity index (χ1) is 33.4. The highest BCUT2D eigenvalue weighted by molar-refractivity contribution is 7.57. The standard InChI is InChI=1S/C67H90O4P2/c1-44(2)53-40-47(61(3,4)5)28-36-57(53)68-72(69-58-37-29-48(62(6,7)8)41-54(58)65(15,16)17)51-32-24-45(25-33-51)46-26-34-52(35-27-46)73(70-59-38-30-49(63(9,10)11)42-55(59)66(18,19)20)71-60-39-31-50(64(12,13)14)43-56(60)67(21,22)23/h24-44H,1-23H3. The summed E-state index contributed by atoms with van der Waals surface area (Å²) >= 11 is 0. The molecule has 1 atom stereocenters. The molecule has 0 saturated heterocycles. The summed E-state index contributed by atoms with van der Waals surface area (Å²) in [6.45, 7) is 52.0. The van der Waals surface area contributed by atoms with Crippen LogP contribution in [0.5, 0.6) is 23.0 Å². The van der Waals surface area contributed by atoms with E-state index in [-0.39, 0.29) is 43.8 Å². The molecular weight excluding hydrogens is 931 g/mol. The van der Waals surface area contributed by atoms with Crippen molar-refractivity contribution in [3.8, 4) is 34.1 Å². The Labute approximate surface area is 446 Å². The average Bonchev–Trinajstić information content (AvgIpc) is 3.26. The van der Waals surface area contributed by atoms with Gasteiger partial charge in [0.05, 0.1) is 10.6 Å². The Kier molecular flexibility index (Phi) is 16.7. The van der Waals surface area contributed by atoms with Crippen LogP contribution in [0.25, 0.3) is 11.1 Å². The van der Waals surface area contributed by atoms with E-state index in [1.165, 1.54) is 44.5 Å². The highest BCUT2D eigenvalue weighted by Gasteiger charge is 2.32. The minimum atomic E-state index is -1.62. The summed E-state index contributed by atoms with van der Waals surface area (Å²) in [6, 6.07) is 44.2. The molecule has 6 heteroatoms. The van der Waals surface area contributed by atoms with Crippen molar-refractivity contribution in [2.24, 2.45) is 0 Å². The van der Waals surface area contributed by atoms with E-state index in [4.69, 9.17) is 18.1 Å². The predicted octanol–water partition coefficient (Wildman–Crippen LogP) is 19.7. The molecule has 0 aliphatic carbocycles. The Morgan fingerprint density at radius 2 is 0.534 bits per heavy atom. The molecule has 6 rings (SSSR count). The molecule has 0 aromatic heterocycles. The summed E-state index contributed by atoms with van der Waals surface area (Å²) in [4.78, 5) is 0. The van der Waals surface area contributed by atoms with Gasteiger partial charge in [0.1, 0.15) is 23.0 Å². The Morgan fingerprint density at radius 1 is 0.288 bits per heavy atom. The van der Waals surface area contributed by atoms with Gasteiger partial charge in [-0.2, -0.15) is 0 Å². The molecule has 1 unspecified atom stereocenters. The van der Waals surface area contributed by atoms with Crippen molar-refractivity contribution in [1.29, 1.82) is 0 Å². The van der Waals surface area contributed by atoms with Gasteiger partial charge in [0.2, 0.25) is 0 Å². The van der Waals surface area contributed by atoms with Gasteiger partial charge in [-0.05, 0) is 131 Å². The van der Waals surface area contributed by atoms with Crippen LogP contribution < -0.4 is 28.7 Å². The molecule has 0 N–H and O–H groups in total. The fourth-order valence-corrected chi connectivity index (χ4v) is 11.3.